The van der Waals surface area contributed by atoms with Gasteiger partial charge in [-0.15, -0.1) is 0 Å². The van der Waals surface area contributed by atoms with Gasteiger partial charge in [0, 0.05) is 28.0 Å². The number of carbonyl (C=O) groups excluding carboxylic acids is 4. The van der Waals surface area contributed by atoms with Gasteiger partial charge in [-0.3, -0.25) is 34.2 Å². The number of amides is 4. The normalized spacial score (nSPS) is 13.7. The molecule has 216 valence electrons. The smallest absolute Gasteiger partial charge is 0.294 e. The molecule has 4 amide bonds. The Kier molecular flexibility index (Phi) is 9.83. The predicted molar refractivity (Wildman–Crippen MR) is 161 cm³/mol. The summed E-state index contributed by atoms with van der Waals surface area (Å²) >= 11 is 9.98. The zero-order valence-electron chi connectivity index (χ0n) is 21.6. The van der Waals surface area contributed by atoms with Gasteiger partial charge in [0.15, 0.2) is 18.1 Å². The average Bonchev–Trinajstić information content (AvgIpc) is 3.21. The van der Waals surface area contributed by atoms with Gasteiger partial charge in [-0.2, -0.15) is 0 Å². The standard InChI is InChI=1S/C27H20BrClN4O8S/c1-40-22-9-15(5-8-21(22)41-14-25(35)31-16-3-2-4-18(11-16)33(38)39)10-23-26(36)32(27(37)42-23)13-24(34)30-17-6-7-19(28)20(29)12-17/h2-12H,13-14H2,1H3,(H,30,34)(H,31,35)/b23-10-. The van der Waals surface area contributed by atoms with Crippen molar-refractivity contribution < 1.29 is 33.6 Å². The van der Waals surface area contributed by atoms with E-state index in [0.29, 0.717) is 32.5 Å². The molecule has 1 heterocycles. The number of non-ortho nitro benzene ring substituents is 1. The van der Waals surface area contributed by atoms with E-state index >= 15 is 0 Å². The molecule has 15 heteroatoms. The quantitative estimate of drug-likeness (QED) is 0.156. The second-order valence-electron chi connectivity index (χ2n) is 8.50. The van der Waals surface area contributed by atoms with Crippen molar-refractivity contribution in [1.29, 1.82) is 0 Å². The Morgan fingerprint density at radius 1 is 1.05 bits per heavy atom. The molecule has 2 N–H and O–H groups in total. The van der Waals surface area contributed by atoms with Gasteiger partial charge in [-0.05, 0) is 75.7 Å². The Bertz CT molecular complexity index is 1630. The molecular formula is C27H20BrClN4O8S. The number of anilines is 2. The molecule has 4 rings (SSSR count). The van der Waals surface area contributed by atoms with Gasteiger partial charge >= 0.3 is 0 Å². The molecule has 1 saturated heterocycles. The Hall–Kier alpha value is -4.40. The number of carbonyl (C=O) groups is 4. The third kappa shape index (κ3) is 7.66. The topological polar surface area (TPSA) is 157 Å². The fourth-order valence-electron chi connectivity index (χ4n) is 3.64. The van der Waals surface area contributed by atoms with Gasteiger partial charge in [0.1, 0.15) is 6.54 Å². The first-order chi connectivity index (χ1) is 20.0. The second-order valence-corrected chi connectivity index (χ2v) is 10.8. The first-order valence-corrected chi connectivity index (χ1v) is 13.9. The maximum absolute atomic E-state index is 12.9. The molecule has 0 unspecified atom stereocenters. The Labute approximate surface area is 256 Å². The van der Waals surface area contributed by atoms with E-state index in [1.54, 1.807) is 24.3 Å². The summed E-state index contributed by atoms with van der Waals surface area (Å²) in [5.41, 5.74) is 0.980. The van der Waals surface area contributed by atoms with E-state index < -0.39 is 41.0 Å². The van der Waals surface area contributed by atoms with Crippen molar-refractivity contribution in [2.24, 2.45) is 0 Å². The summed E-state index contributed by atoms with van der Waals surface area (Å²) in [6, 6.07) is 14.9. The maximum atomic E-state index is 12.9. The number of nitrogens with zero attached hydrogens (tertiary/aromatic N) is 2. The van der Waals surface area contributed by atoms with Crippen LogP contribution in [-0.2, 0) is 14.4 Å². The number of methoxy groups -OCH3 is 1. The van der Waals surface area contributed by atoms with Gasteiger partial charge in [-0.25, -0.2) is 0 Å². The van der Waals surface area contributed by atoms with E-state index in [2.05, 4.69) is 26.6 Å². The number of thioether (sulfide) groups is 1. The molecule has 1 aliphatic heterocycles. The number of hydrogen-bond acceptors (Lipinski definition) is 9. The molecule has 0 radical (unpaired) electrons. The number of hydrogen-bond donors (Lipinski definition) is 2. The van der Waals surface area contributed by atoms with E-state index in [1.165, 1.54) is 49.6 Å². The second kappa shape index (κ2) is 13.5. The van der Waals surface area contributed by atoms with Crippen LogP contribution in [0.4, 0.5) is 21.9 Å². The van der Waals surface area contributed by atoms with Crippen molar-refractivity contribution in [1.82, 2.24) is 4.90 Å². The zero-order chi connectivity index (χ0) is 30.4. The minimum absolute atomic E-state index is 0.103. The summed E-state index contributed by atoms with van der Waals surface area (Å²) in [4.78, 5) is 61.4. The molecule has 0 bridgehead atoms. The fraction of sp³-hybridized carbons (Fsp3) is 0.111. The van der Waals surface area contributed by atoms with Gasteiger partial charge in [0.2, 0.25) is 5.91 Å². The largest absolute Gasteiger partial charge is 0.493 e. The number of nitrogens with one attached hydrogen (secondary N) is 2. The van der Waals surface area contributed by atoms with E-state index in [4.69, 9.17) is 21.1 Å². The molecule has 0 aromatic heterocycles. The van der Waals surface area contributed by atoms with Crippen LogP contribution in [0.1, 0.15) is 5.56 Å². The van der Waals surface area contributed by atoms with Crippen LogP contribution in [0.3, 0.4) is 0 Å². The summed E-state index contributed by atoms with van der Waals surface area (Å²) in [5.74, 6) is -1.29. The zero-order valence-corrected chi connectivity index (χ0v) is 24.7. The van der Waals surface area contributed by atoms with Crippen molar-refractivity contribution in [3.8, 4) is 11.5 Å². The van der Waals surface area contributed by atoms with Gasteiger partial charge in [0.25, 0.3) is 22.7 Å². The van der Waals surface area contributed by atoms with Crippen molar-refractivity contribution in [2.75, 3.05) is 30.9 Å². The third-order valence-corrected chi connectivity index (χ3v) is 7.70. The molecule has 3 aromatic rings. The summed E-state index contributed by atoms with van der Waals surface area (Å²) in [7, 11) is 1.39. The molecule has 12 nitrogen and oxygen atoms in total. The highest BCUT2D eigenvalue weighted by Gasteiger charge is 2.36. The van der Waals surface area contributed by atoms with Crippen LogP contribution in [0.25, 0.3) is 6.08 Å². The summed E-state index contributed by atoms with van der Waals surface area (Å²) < 4.78 is 11.5. The number of ether oxygens (including phenoxy) is 2. The molecule has 1 fully saturated rings. The number of rotatable bonds is 10. The number of halogens is 2. The minimum Gasteiger partial charge on any atom is -0.493 e. The van der Waals surface area contributed by atoms with Crippen molar-refractivity contribution in [3.63, 3.8) is 0 Å². The lowest BCUT2D eigenvalue weighted by Gasteiger charge is -2.13. The van der Waals surface area contributed by atoms with Crippen LogP contribution < -0.4 is 20.1 Å². The summed E-state index contributed by atoms with van der Waals surface area (Å²) in [6.07, 6.45) is 1.47. The molecular weight excluding hydrogens is 656 g/mol. The Morgan fingerprint density at radius 3 is 2.50 bits per heavy atom. The highest BCUT2D eigenvalue weighted by atomic mass is 79.9. The summed E-state index contributed by atoms with van der Waals surface area (Å²) in [5, 5.41) is 15.8. The van der Waals surface area contributed by atoms with Crippen LogP contribution in [0.5, 0.6) is 11.5 Å². The molecule has 0 aliphatic carbocycles. The highest BCUT2D eigenvalue weighted by molar-refractivity contribution is 9.10. The number of benzene rings is 3. The monoisotopic (exact) mass is 674 g/mol. The predicted octanol–water partition coefficient (Wildman–Crippen LogP) is 5.71. The van der Waals surface area contributed by atoms with E-state index in [1.807, 2.05) is 0 Å². The molecule has 0 spiro atoms. The SMILES string of the molecule is COc1cc(/C=C2\SC(=O)N(CC(=O)Nc3ccc(Br)c(Cl)c3)C2=O)ccc1OCC(=O)Nc1cccc([N+](=O)[O-])c1. The first kappa shape index (κ1) is 30.6. The molecule has 3 aromatic carbocycles. The van der Waals surface area contributed by atoms with E-state index in [-0.39, 0.29) is 27.8 Å². The Morgan fingerprint density at radius 2 is 1.79 bits per heavy atom. The number of imide groups is 1. The fourth-order valence-corrected chi connectivity index (χ4v) is 4.90. The van der Waals surface area contributed by atoms with Crippen molar-refractivity contribution in [3.05, 3.63) is 90.7 Å². The average molecular weight is 676 g/mol. The maximum Gasteiger partial charge on any atom is 0.294 e. The van der Waals surface area contributed by atoms with Crippen LogP contribution >= 0.6 is 39.3 Å². The van der Waals surface area contributed by atoms with E-state index in [0.717, 1.165) is 4.90 Å². The van der Waals surface area contributed by atoms with Crippen molar-refractivity contribution >= 4 is 85.4 Å². The molecule has 1 aliphatic rings. The van der Waals surface area contributed by atoms with Gasteiger partial charge in [-0.1, -0.05) is 23.7 Å². The lowest BCUT2D eigenvalue weighted by atomic mass is 10.2. The minimum atomic E-state index is -0.633. The molecule has 0 atom stereocenters. The number of nitro benzene ring substituents is 1. The van der Waals surface area contributed by atoms with Gasteiger partial charge in [0.05, 0.1) is 22.0 Å². The van der Waals surface area contributed by atoms with Crippen molar-refractivity contribution in [2.45, 2.75) is 0 Å². The lowest BCUT2D eigenvalue weighted by Crippen LogP contribution is -2.36. The third-order valence-electron chi connectivity index (χ3n) is 5.56. The molecule has 42 heavy (non-hydrogen) atoms. The number of nitro groups is 1. The Balaban J connectivity index is 1.37. The van der Waals surface area contributed by atoms with Crippen LogP contribution in [0.2, 0.25) is 5.02 Å². The van der Waals surface area contributed by atoms with Crippen LogP contribution in [0, 0.1) is 10.1 Å². The molecule has 0 saturated carbocycles. The first-order valence-electron chi connectivity index (χ1n) is 11.9. The lowest BCUT2D eigenvalue weighted by molar-refractivity contribution is -0.384. The van der Waals surface area contributed by atoms with Gasteiger partial charge < -0.3 is 20.1 Å². The van der Waals surface area contributed by atoms with Crippen LogP contribution in [-0.4, -0.2) is 53.0 Å². The van der Waals surface area contributed by atoms with E-state index in [9.17, 15) is 29.3 Å². The highest BCUT2D eigenvalue weighted by Crippen LogP contribution is 2.35. The van der Waals surface area contributed by atoms with Crippen LogP contribution in [0.15, 0.2) is 70.0 Å². The summed E-state index contributed by atoms with van der Waals surface area (Å²) in [6.45, 7) is -0.893.